The van der Waals surface area contributed by atoms with E-state index in [1.807, 2.05) is 31.2 Å². The number of aromatic nitrogens is 1. The largest absolute Gasteiger partial charge is 0.493 e. The molecule has 152 valence electrons. The highest BCUT2D eigenvalue weighted by atomic mass is 16.5. The first-order chi connectivity index (χ1) is 14.1. The number of nitrogens with one attached hydrogen (secondary N) is 1. The van der Waals surface area contributed by atoms with Gasteiger partial charge in [0.25, 0.3) is 5.91 Å². The monoisotopic (exact) mass is 396 g/mol. The molecule has 1 fully saturated rings. The van der Waals surface area contributed by atoms with Gasteiger partial charge < -0.3 is 19.4 Å². The zero-order valence-electron chi connectivity index (χ0n) is 16.3. The number of H-pyrrole nitrogens is 1. The van der Waals surface area contributed by atoms with E-state index >= 15 is 0 Å². The lowest BCUT2D eigenvalue weighted by molar-refractivity contribution is -0.136. The summed E-state index contributed by atoms with van der Waals surface area (Å²) < 4.78 is 10.5. The highest BCUT2D eigenvalue weighted by molar-refractivity contribution is 6.01. The number of benzene rings is 1. The number of amides is 1. The Bertz CT molecular complexity index is 909. The van der Waals surface area contributed by atoms with Gasteiger partial charge in [0.1, 0.15) is 11.4 Å². The van der Waals surface area contributed by atoms with Gasteiger partial charge in [0, 0.05) is 36.5 Å². The first kappa shape index (κ1) is 20.4. The van der Waals surface area contributed by atoms with Crippen molar-refractivity contribution in [3.63, 3.8) is 0 Å². The third-order valence-electron chi connectivity index (χ3n) is 4.59. The maximum atomic E-state index is 12.3. The summed E-state index contributed by atoms with van der Waals surface area (Å²) in [5.41, 5.74) is 1.42. The molecule has 2 aromatic rings. The molecule has 0 unspecified atom stereocenters. The molecule has 1 N–H and O–H groups in total. The fourth-order valence-electron chi connectivity index (χ4n) is 3.10. The molecule has 3 rings (SSSR count). The van der Waals surface area contributed by atoms with Crippen molar-refractivity contribution in [2.45, 2.75) is 19.8 Å². The summed E-state index contributed by atoms with van der Waals surface area (Å²) in [5.74, 6) is -0.459. The summed E-state index contributed by atoms with van der Waals surface area (Å²) in [7, 11) is 0. The molecule has 1 amide bonds. The number of carbonyl (C=O) groups excluding carboxylic acids is 3. The molecule has 2 heterocycles. The Kier molecular flexibility index (Phi) is 6.84. The van der Waals surface area contributed by atoms with Crippen LogP contribution in [0.3, 0.4) is 0 Å². The van der Waals surface area contributed by atoms with Crippen LogP contribution in [0.5, 0.6) is 5.75 Å². The van der Waals surface area contributed by atoms with E-state index in [0.717, 1.165) is 31.5 Å². The minimum absolute atomic E-state index is 0.116. The van der Waals surface area contributed by atoms with Gasteiger partial charge >= 0.3 is 5.97 Å². The number of ether oxygens (including phenoxy) is 2. The van der Waals surface area contributed by atoms with Crippen LogP contribution in [0.4, 0.5) is 0 Å². The van der Waals surface area contributed by atoms with E-state index in [4.69, 9.17) is 9.47 Å². The van der Waals surface area contributed by atoms with Crippen LogP contribution < -0.4 is 4.74 Å². The van der Waals surface area contributed by atoms with Gasteiger partial charge in [-0.25, -0.2) is 4.79 Å². The first-order valence-electron chi connectivity index (χ1n) is 9.66. The van der Waals surface area contributed by atoms with Crippen molar-refractivity contribution in [2.75, 3.05) is 26.3 Å². The predicted molar refractivity (Wildman–Crippen MR) is 108 cm³/mol. The van der Waals surface area contributed by atoms with Crippen molar-refractivity contribution >= 4 is 23.7 Å². The van der Waals surface area contributed by atoms with Crippen LogP contribution in [-0.4, -0.2) is 53.8 Å². The predicted octanol–water partition coefficient (Wildman–Crippen LogP) is 3.09. The average Bonchev–Trinajstić information content (AvgIpc) is 3.43. The van der Waals surface area contributed by atoms with Crippen molar-refractivity contribution in [1.29, 1.82) is 0 Å². The molecule has 0 aliphatic carbocycles. The Balaban J connectivity index is 1.53. The van der Waals surface area contributed by atoms with Crippen LogP contribution in [0.15, 0.2) is 42.6 Å². The van der Waals surface area contributed by atoms with Gasteiger partial charge in [-0.05, 0) is 38.0 Å². The molecule has 0 radical (unpaired) electrons. The zero-order valence-corrected chi connectivity index (χ0v) is 16.3. The number of carbonyl (C=O) groups is 3. The molecule has 0 atom stereocenters. The van der Waals surface area contributed by atoms with Crippen molar-refractivity contribution < 1.29 is 23.9 Å². The number of ketones is 1. The smallest absolute Gasteiger partial charge is 0.331 e. The van der Waals surface area contributed by atoms with Gasteiger partial charge in [-0.15, -0.1) is 0 Å². The van der Waals surface area contributed by atoms with E-state index in [0.29, 0.717) is 23.6 Å². The van der Waals surface area contributed by atoms with E-state index in [-0.39, 0.29) is 11.7 Å². The molecule has 1 aliphatic rings. The molecule has 7 heteroatoms. The van der Waals surface area contributed by atoms with Crippen LogP contribution in [0.25, 0.3) is 6.08 Å². The number of esters is 1. The number of likely N-dealkylation sites (tertiary alicyclic amines) is 1. The average molecular weight is 396 g/mol. The topological polar surface area (TPSA) is 88.7 Å². The number of hydrogen-bond donors (Lipinski definition) is 1. The van der Waals surface area contributed by atoms with Gasteiger partial charge in [-0.2, -0.15) is 0 Å². The molecular weight excluding hydrogens is 372 g/mol. The molecule has 1 aromatic heterocycles. The number of aromatic amines is 1. The standard InChI is InChI=1S/C22H24N2O5/c1-2-28-20-8-4-3-7-16(20)9-10-21(26)29-15-19(25)17-13-18(23-14-17)22(27)24-11-5-6-12-24/h3-4,7-10,13-14,23H,2,5-6,11-12,15H2,1H3/b10-9+. The number of Topliss-reactive ketones (excluding diaryl/α,β-unsaturated/α-hetero) is 1. The fraction of sp³-hybridized carbons (Fsp3) is 0.318. The van der Waals surface area contributed by atoms with Crippen molar-refractivity contribution in [3.8, 4) is 5.75 Å². The second-order valence-corrected chi connectivity index (χ2v) is 6.64. The number of nitrogens with zero attached hydrogens (tertiary/aromatic N) is 1. The zero-order chi connectivity index (χ0) is 20.6. The summed E-state index contributed by atoms with van der Waals surface area (Å²) in [6.07, 6.45) is 6.30. The second-order valence-electron chi connectivity index (χ2n) is 6.64. The number of hydrogen-bond acceptors (Lipinski definition) is 5. The molecule has 1 aromatic carbocycles. The molecule has 1 aliphatic heterocycles. The summed E-state index contributed by atoms with van der Waals surface area (Å²) in [5, 5.41) is 0. The van der Waals surface area contributed by atoms with E-state index in [2.05, 4.69) is 4.98 Å². The lowest BCUT2D eigenvalue weighted by atomic mass is 10.2. The van der Waals surface area contributed by atoms with E-state index in [1.54, 1.807) is 11.0 Å². The third kappa shape index (κ3) is 5.34. The molecule has 0 spiro atoms. The van der Waals surface area contributed by atoms with E-state index in [9.17, 15) is 14.4 Å². The van der Waals surface area contributed by atoms with Crippen LogP contribution in [0.1, 0.15) is 46.2 Å². The minimum atomic E-state index is -0.631. The lowest BCUT2D eigenvalue weighted by Crippen LogP contribution is -2.27. The Labute approximate surface area is 169 Å². The van der Waals surface area contributed by atoms with Crippen molar-refractivity contribution in [1.82, 2.24) is 9.88 Å². The fourth-order valence-corrected chi connectivity index (χ4v) is 3.10. The maximum absolute atomic E-state index is 12.3. The molecule has 0 bridgehead atoms. The summed E-state index contributed by atoms with van der Waals surface area (Å²) in [4.78, 5) is 41.1. The third-order valence-corrected chi connectivity index (χ3v) is 4.59. The highest BCUT2D eigenvalue weighted by Crippen LogP contribution is 2.19. The Morgan fingerprint density at radius 3 is 2.69 bits per heavy atom. The Hall–Kier alpha value is -3.35. The number of rotatable bonds is 8. The second kappa shape index (κ2) is 9.73. The SMILES string of the molecule is CCOc1ccccc1/C=C/C(=O)OCC(=O)c1c[nH]c(C(=O)N2CCCC2)c1. The van der Waals surface area contributed by atoms with Crippen molar-refractivity contribution in [3.05, 3.63) is 59.4 Å². The van der Waals surface area contributed by atoms with E-state index < -0.39 is 12.6 Å². The number of para-hydroxylation sites is 1. The Morgan fingerprint density at radius 1 is 1.17 bits per heavy atom. The van der Waals surface area contributed by atoms with Gasteiger partial charge in [0.15, 0.2) is 6.61 Å². The van der Waals surface area contributed by atoms with Crippen LogP contribution in [-0.2, 0) is 9.53 Å². The molecular formula is C22H24N2O5. The van der Waals surface area contributed by atoms with Crippen LogP contribution in [0.2, 0.25) is 0 Å². The minimum Gasteiger partial charge on any atom is -0.493 e. The van der Waals surface area contributed by atoms with Gasteiger partial charge in [0.2, 0.25) is 5.78 Å². The molecule has 1 saturated heterocycles. The van der Waals surface area contributed by atoms with Gasteiger partial charge in [-0.1, -0.05) is 18.2 Å². The Morgan fingerprint density at radius 2 is 1.93 bits per heavy atom. The quantitative estimate of drug-likeness (QED) is 0.421. The van der Waals surface area contributed by atoms with Gasteiger partial charge in [-0.3, -0.25) is 9.59 Å². The van der Waals surface area contributed by atoms with Crippen LogP contribution in [0, 0.1) is 0 Å². The van der Waals surface area contributed by atoms with E-state index in [1.165, 1.54) is 18.3 Å². The highest BCUT2D eigenvalue weighted by Gasteiger charge is 2.22. The molecule has 29 heavy (non-hydrogen) atoms. The van der Waals surface area contributed by atoms with Crippen molar-refractivity contribution in [2.24, 2.45) is 0 Å². The summed E-state index contributed by atoms with van der Waals surface area (Å²) in [6, 6.07) is 8.82. The summed E-state index contributed by atoms with van der Waals surface area (Å²) >= 11 is 0. The lowest BCUT2D eigenvalue weighted by Gasteiger charge is -2.13. The molecule has 7 nitrogen and oxygen atoms in total. The molecule has 0 saturated carbocycles. The van der Waals surface area contributed by atoms with Crippen LogP contribution >= 0.6 is 0 Å². The maximum Gasteiger partial charge on any atom is 0.331 e. The van der Waals surface area contributed by atoms with Gasteiger partial charge in [0.05, 0.1) is 6.61 Å². The normalized spacial score (nSPS) is 13.6. The first-order valence-corrected chi connectivity index (χ1v) is 9.66. The summed E-state index contributed by atoms with van der Waals surface area (Å²) in [6.45, 7) is 3.47.